The highest BCUT2D eigenvalue weighted by Gasteiger charge is 2.31. The van der Waals surface area contributed by atoms with Crippen molar-refractivity contribution in [2.75, 3.05) is 26.7 Å². The number of hydrogen-bond donors (Lipinski definition) is 2. The summed E-state index contributed by atoms with van der Waals surface area (Å²) in [4.78, 5) is 18.4. The number of aryl methyl sites for hydroxylation is 1. The first-order chi connectivity index (χ1) is 11.6. The van der Waals surface area contributed by atoms with Gasteiger partial charge in [0.15, 0.2) is 0 Å². The van der Waals surface area contributed by atoms with Crippen LogP contribution in [0.5, 0.6) is 0 Å². The van der Waals surface area contributed by atoms with Gasteiger partial charge in [-0.05, 0) is 18.5 Å². The molecular weight excluding hydrogens is 302 g/mol. The van der Waals surface area contributed by atoms with E-state index < -0.39 is 0 Å². The Morgan fingerprint density at radius 2 is 2.00 bits per heavy atom. The topological polar surface area (TPSA) is 62.2 Å². The Morgan fingerprint density at radius 3 is 2.71 bits per heavy atom. The summed E-state index contributed by atoms with van der Waals surface area (Å²) in [6.45, 7) is 3.20. The molecule has 6 heteroatoms. The first-order valence-corrected chi connectivity index (χ1v) is 8.34. The second-order valence-electron chi connectivity index (χ2n) is 6.56. The van der Waals surface area contributed by atoms with Gasteiger partial charge in [0.2, 0.25) is 0 Å². The van der Waals surface area contributed by atoms with E-state index in [4.69, 9.17) is 0 Å². The molecule has 2 atom stereocenters. The molecule has 128 valence electrons. The van der Waals surface area contributed by atoms with Crippen LogP contribution in [0, 0.1) is 5.92 Å². The second kappa shape index (κ2) is 7.49. The first kappa shape index (κ1) is 16.5. The maximum Gasteiger partial charge on any atom is 0.315 e. The predicted molar refractivity (Wildman–Crippen MR) is 93.6 cm³/mol. The average molecular weight is 327 g/mol. The third kappa shape index (κ3) is 3.94. The molecule has 0 bridgehead atoms. The summed E-state index contributed by atoms with van der Waals surface area (Å²) in [6, 6.07) is 10.4. The van der Waals surface area contributed by atoms with Gasteiger partial charge in [-0.2, -0.15) is 0 Å². The Morgan fingerprint density at radius 1 is 1.21 bits per heavy atom. The van der Waals surface area contributed by atoms with Crippen LogP contribution in [-0.2, 0) is 13.6 Å². The van der Waals surface area contributed by atoms with Gasteiger partial charge in [-0.25, -0.2) is 9.78 Å². The molecule has 1 aromatic carbocycles. The molecule has 1 fully saturated rings. The number of nitrogens with one attached hydrogen (secondary N) is 2. The lowest BCUT2D eigenvalue weighted by molar-refractivity contribution is 0.238. The van der Waals surface area contributed by atoms with E-state index in [1.165, 1.54) is 5.56 Å². The first-order valence-electron chi connectivity index (χ1n) is 8.34. The maximum atomic E-state index is 12.1. The number of amides is 2. The third-order valence-electron chi connectivity index (χ3n) is 4.72. The number of rotatable bonds is 5. The van der Waals surface area contributed by atoms with E-state index in [9.17, 15) is 4.79 Å². The predicted octanol–water partition coefficient (Wildman–Crippen LogP) is 1.56. The van der Waals surface area contributed by atoms with Gasteiger partial charge in [-0.15, -0.1) is 0 Å². The number of imidazole rings is 1. The van der Waals surface area contributed by atoms with Crippen molar-refractivity contribution in [2.24, 2.45) is 13.0 Å². The molecule has 2 N–H and O–H groups in total. The van der Waals surface area contributed by atoms with E-state index in [0.29, 0.717) is 24.9 Å². The van der Waals surface area contributed by atoms with Crippen LogP contribution in [0.15, 0.2) is 42.9 Å². The molecule has 2 heterocycles. The number of nitrogens with zero attached hydrogens (tertiary/aromatic N) is 3. The number of carbonyl (C=O) groups is 1. The van der Waals surface area contributed by atoms with Crippen LogP contribution < -0.4 is 10.6 Å². The fourth-order valence-electron chi connectivity index (χ4n) is 3.38. The van der Waals surface area contributed by atoms with Crippen molar-refractivity contribution in [2.45, 2.75) is 12.5 Å². The molecular formula is C18H25N5O. The Bertz CT molecular complexity index is 669. The van der Waals surface area contributed by atoms with Gasteiger partial charge in [0.25, 0.3) is 0 Å². The summed E-state index contributed by atoms with van der Waals surface area (Å²) >= 11 is 0. The number of carbonyl (C=O) groups excluding carboxylic acids is 1. The lowest BCUT2D eigenvalue weighted by Crippen LogP contribution is -2.39. The van der Waals surface area contributed by atoms with Crippen LogP contribution in [0.2, 0.25) is 0 Å². The van der Waals surface area contributed by atoms with Crippen LogP contribution in [0.3, 0.4) is 0 Å². The Hall–Kier alpha value is -2.34. The molecule has 6 nitrogen and oxygen atoms in total. The van der Waals surface area contributed by atoms with Gasteiger partial charge in [0, 0.05) is 38.8 Å². The highest BCUT2D eigenvalue weighted by atomic mass is 16.2. The Kier molecular flexibility index (Phi) is 5.15. The second-order valence-corrected chi connectivity index (χ2v) is 6.56. The van der Waals surface area contributed by atoms with Gasteiger partial charge >= 0.3 is 6.03 Å². The number of benzene rings is 1. The fourth-order valence-corrected chi connectivity index (χ4v) is 3.38. The van der Waals surface area contributed by atoms with Crippen LogP contribution in [0.4, 0.5) is 4.79 Å². The fraction of sp³-hybridized carbons (Fsp3) is 0.444. The number of hydrogen-bond acceptors (Lipinski definition) is 3. The van der Waals surface area contributed by atoms with E-state index >= 15 is 0 Å². The normalized spacial score (nSPS) is 20.9. The highest BCUT2D eigenvalue weighted by Crippen LogP contribution is 2.31. The lowest BCUT2D eigenvalue weighted by atomic mass is 9.89. The van der Waals surface area contributed by atoms with E-state index in [0.717, 1.165) is 18.8 Å². The highest BCUT2D eigenvalue weighted by molar-refractivity contribution is 5.73. The Labute approximate surface area is 142 Å². The van der Waals surface area contributed by atoms with Crippen molar-refractivity contribution >= 4 is 6.03 Å². The molecule has 2 amide bonds. The number of likely N-dealkylation sites (tertiary alicyclic amines) is 1. The van der Waals surface area contributed by atoms with Crippen molar-refractivity contribution in [3.05, 3.63) is 54.1 Å². The molecule has 0 aliphatic carbocycles. The monoisotopic (exact) mass is 327 g/mol. The zero-order chi connectivity index (χ0) is 16.9. The van der Waals surface area contributed by atoms with E-state index in [1.807, 2.05) is 17.7 Å². The van der Waals surface area contributed by atoms with Gasteiger partial charge in [-0.3, -0.25) is 0 Å². The molecule has 2 aromatic rings. The van der Waals surface area contributed by atoms with Gasteiger partial charge in [0.1, 0.15) is 0 Å². The van der Waals surface area contributed by atoms with E-state index in [-0.39, 0.29) is 6.03 Å². The van der Waals surface area contributed by atoms with Crippen LogP contribution in [-0.4, -0.2) is 47.2 Å². The standard InChI is InChI=1S/C18H25N5O/c1-22-11-15(17(12-22)14-6-4-3-5-7-14)8-20-18(24)21-10-16-9-19-13-23(16)2/h3-7,9,13,15,17H,8,10-12H2,1-2H3,(H2,20,21,24)/t15-,17+/m1/s1. The summed E-state index contributed by atoms with van der Waals surface area (Å²) in [5.74, 6) is 0.897. The van der Waals surface area contributed by atoms with Crippen molar-refractivity contribution in [1.82, 2.24) is 25.1 Å². The average Bonchev–Trinajstić information content (AvgIpc) is 3.17. The molecule has 3 rings (SSSR count). The van der Waals surface area contributed by atoms with Crippen LogP contribution in [0.25, 0.3) is 0 Å². The van der Waals surface area contributed by atoms with Gasteiger partial charge in [0.05, 0.1) is 18.6 Å². The van der Waals surface area contributed by atoms with E-state index in [2.05, 4.69) is 51.8 Å². The van der Waals surface area contributed by atoms with Gasteiger partial charge < -0.3 is 20.1 Å². The number of likely N-dealkylation sites (N-methyl/N-ethyl adjacent to an activating group) is 1. The maximum absolute atomic E-state index is 12.1. The molecule has 1 aliphatic rings. The SMILES string of the molecule is CN1C[C@@H](CNC(=O)NCc2cncn2C)[C@H](c2ccccc2)C1. The molecule has 0 saturated carbocycles. The van der Waals surface area contributed by atoms with Gasteiger partial charge in [-0.1, -0.05) is 30.3 Å². The zero-order valence-corrected chi connectivity index (χ0v) is 14.3. The van der Waals surface area contributed by atoms with E-state index in [1.54, 1.807) is 12.5 Å². The van der Waals surface area contributed by atoms with Crippen LogP contribution in [0.1, 0.15) is 17.2 Å². The zero-order valence-electron chi connectivity index (χ0n) is 14.3. The van der Waals surface area contributed by atoms with Crippen molar-refractivity contribution in [3.63, 3.8) is 0 Å². The summed E-state index contributed by atoms with van der Waals surface area (Å²) < 4.78 is 1.90. The smallest absolute Gasteiger partial charge is 0.315 e. The van der Waals surface area contributed by atoms with Crippen LogP contribution >= 0.6 is 0 Å². The summed E-state index contributed by atoms with van der Waals surface area (Å²) in [6.07, 6.45) is 3.49. The minimum absolute atomic E-state index is 0.127. The molecule has 1 aliphatic heterocycles. The number of urea groups is 1. The largest absolute Gasteiger partial charge is 0.338 e. The van der Waals surface area contributed by atoms with Crippen molar-refractivity contribution < 1.29 is 4.79 Å². The number of aromatic nitrogens is 2. The minimum Gasteiger partial charge on any atom is -0.338 e. The molecule has 0 radical (unpaired) electrons. The third-order valence-corrected chi connectivity index (χ3v) is 4.72. The summed E-state index contributed by atoms with van der Waals surface area (Å²) in [7, 11) is 4.05. The molecule has 0 unspecified atom stereocenters. The molecule has 24 heavy (non-hydrogen) atoms. The van der Waals surface area contributed by atoms with Crippen molar-refractivity contribution in [1.29, 1.82) is 0 Å². The summed E-state index contributed by atoms with van der Waals surface area (Å²) in [5.41, 5.74) is 2.33. The quantitative estimate of drug-likeness (QED) is 0.876. The van der Waals surface area contributed by atoms with Crippen molar-refractivity contribution in [3.8, 4) is 0 Å². The molecule has 1 saturated heterocycles. The summed E-state index contributed by atoms with van der Waals surface area (Å²) in [5, 5.41) is 5.91. The Balaban J connectivity index is 1.51. The lowest BCUT2D eigenvalue weighted by Gasteiger charge is -2.19. The molecule has 0 spiro atoms. The molecule has 1 aromatic heterocycles. The minimum atomic E-state index is -0.127.